The molecule has 1 unspecified atom stereocenters. The molecule has 2 aromatic carbocycles. The van der Waals surface area contributed by atoms with Crippen LogP contribution in [-0.4, -0.2) is 12.3 Å². The molecule has 0 radical (unpaired) electrons. The molecule has 0 N–H and O–H groups in total. The second kappa shape index (κ2) is 5.29. The molecule has 0 aliphatic carbocycles. The summed E-state index contributed by atoms with van der Waals surface area (Å²) in [5.74, 6) is -4.16. The highest BCUT2D eigenvalue weighted by molar-refractivity contribution is 9.09. The van der Waals surface area contributed by atoms with Gasteiger partial charge in [0.1, 0.15) is 4.83 Å². The van der Waals surface area contributed by atoms with Crippen LogP contribution in [0.2, 0.25) is 5.02 Å². The van der Waals surface area contributed by atoms with E-state index in [1.54, 1.807) is 24.3 Å². The zero-order chi connectivity index (χ0) is 14.2. The topological polar surface area (TPSA) is 0 Å². The first kappa shape index (κ1) is 14.6. The highest BCUT2D eigenvalue weighted by Crippen LogP contribution is 2.45. The number of rotatable bonds is 3. The predicted octanol–water partition coefficient (Wildman–Crippen LogP) is 5.83. The molecule has 2 rings (SSSR count). The number of benzene rings is 2. The molecule has 0 nitrogen and oxygen atoms in total. The van der Waals surface area contributed by atoms with E-state index in [0.29, 0.717) is 15.8 Å². The van der Waals surface area contributed by atoms with Gasteiger partial charge in [0.05, 0.1) is 0 Å². The zero-order valence-corrected chi connectivity index (χ0v) is 11.7. The summed E-state index contributed by atoms with van der Waals surface area (Å²) >= 11 is 8.64. The number of hydrogen-bond donors (Lipinski definition) is 0. The van der Waals surface area contributed by atoms with Gasteiger partial charge in [-0.15, -0.1) is 0 Å². The van der Waals surface area contributed by atoms with Gasteiger partial charge in [0.25, 0.3) is 0 Å². The lowest BCUT2D eigenvalue weighted by atomic mass is 9.99. The molecule has 102 valence electrons. The molecule has 2 aromatic rings. The lowest BCUT2D eigenvalue weighted by Gasteiger charge is -2.23. The van der Waals surface area contributed by atoms with Crippen LogP contribution in [0, 0.1) is 0 Å². The Morgan fingerprint density at radius 2 is 1.58 bits per heavy atom. The molecule has 0 aromatic heterocycles. The minimum absolute atomic E-state index is 0.0882. The number of fused-ring (bicyclic) bond motifs is 1. The van der Waals surface area contributed by atoms with Crippen LogP contribution < -0.4 is 0 Å². The summed E-state index contributed by atoms with van der Waals surface area (Å²) in [5.41, 5.74) is 0.0882. The molecular formula is C13H8BrClF4. The Morgan fingerprint density at radius 3 is 2.16 bits per heavy atom. The van der Waals surface area contributed by atoms with E-state index >= 15 is 0 Å². The van der Waals surface area contributed by atoms with Crippen LogP contribution in [0.5, 0.6) is 0 Å². The first-order chi connectivity index (χ1) is 8.85. The summed E-state index contributed by atoms with van der Waals surface area (Å²) in [4.78, 5) is -1.78. The molecule has 0 aliphatic rings. The van der Waals surface area contributed by atoms with Crippen molar-refractivity contribution in [1.82, 2.24) is 0 Å². The average molecular weight is 356 g/mol. The number of halogens is 6. The van der Waals surface area contributed by atoms with E-state index in [2.05, 4.69) is 15.9 Å². The van der Waals surface area contributed by atoms with Crippen LogP contribution in [-0.2, 0) is 0 Å². The minimum Gasteiger partial charge on any atom is -0.204 e. The third kappa shape index (κ3) is 2.58. The fourth-order valence-corrected chi connectivity index (χ4v) is 2.65. The first-order valence-corrected chi connectivity index (χ1v) is 6.62. The quantitative estimate of drug-likeness (QED) is 0.480. The SMILES string of the molecule is FC(F)C(F)(F)C(Br)c1ccc(Cl)c2ccccc12. The van der Waals surface area contributed by atoms with Crippen LogP contribution in [0.4, 0.5) is 17.6 Å². The predicted molar refractivity (Wildman–Crippen MR) is 71.6 cm³/mol. The smallest absolute Gasteiger partial charge is 0.204 e. The molecule has 0 fully saturated rings. The van der Waals surface area contributed by atoms with Crippen molar-refractivity contribution in [2.45, 2.75) is 17.2 Å². The average Bonchev–Trinajstić information content (AvgIpc) is 2.38. The van der Waals surface area contributed by atoms with Crippen molar-refractivity contribution in [3.8, 4) is 0 Å². The molecule has 0 saturated heterocycles. The van der Waals surface area contributed by atoms with Gasteiger partial charge in [-0.05, 0) is 17.0 Å². The third-order valence-corrected chi connectivity index (χ3v) is 4.24. The molecule has 0 heterocycles. The van der Waals surface area contributed by atoms with Crippen molar-refractivity contribution in [2.24, 2.45) is 0 Å². The third-order valence-electron chi connectivity index (χ3n) is 2.81. The Labute approximate surface area is 120 Å². The van der Waals surface area contributed by atoms with E-state index in [9.17, 15) is 17.6 Å². The van der Waals surface area contributed by atoms with Crippen molar-refractivity contribution >= 4 is 38.3 Å². The van der Waals surface area contributed by atoms with Gasteiger partial charge in [-0.1, -0.05) is 57.9 Å². The molecule has 6 heteroatoms. The Balaban J connectivity index is 2.61. The summed E-state index contributed by atoms with van der Waals surface area (Å²) in [6.45, 7) is 0. The normalized spacial score (nSPS) is 14.1. The lowest BCUT2D eigenvalue weighted by Crippen LogP contribution is -2.31. The Morgan fingerprint density at radius 1 is 1.00 bits per heavy atom. The van der Waals surface area contributed by atoms with Crippen LogP contribution in [0.25, 0.3) is 10.8 Å². The van der Waals surface area contributed by atoms with E-state index in [4.69, 9.17) is 11.6 Å². The minimum atomic E-state index is -4.16. The summed E-state index contributed by atoms with van der Waals surface area (Å²) in [6.07, 6.45) is -3.74. The summed E-state index contributed by atoms with van der Waals surface area (Å²) in [5, 5.41) is 1.37. The van der Waals surface area contributed by atoms with E-state index < -0.39 is 17.2 Å². The van der Waals surface area contributed by atoms with Crippen LogP contribution in [0.1, 0.15) is 10.4 Å². The van der Waals surface area contributed by atoms with Crippen LogP contribution in [0.3, 0.4) is 0 Å². The summed E-state index contributed by atoms with van der Waals surface area (Å²) in [7, 11) is 0. The fraction of sp³-hybridized carbons (Fsp3) is 0.231. The molecule has 0 spiro atoms. The van der Waals surface area contributed by atoms with Crippen molar-refractivity contribution in [1.29, 1.82) is 0 Å². The zero-order valence-electron chi connectivity index (χ0n) is 9.39. The maximum Gasteiger partial charge on any atom is 0.323 e. The van der Waals surface area contributed by atoms with Gasteiger partial charge in [0.2, 0.25) is 0 Å². The van der Waals surface area contributed by atoms with Gasteiger partial charge in [-0.25, -0.2) is 8.78 Å². The highest BCUT2D eigenvalue weighted by atomic mass is 79.9. The Kier molecular flexibility index (Phi) is 4.06. The van der Waals surface area contributed by atoms with E-state index in [1.165, 1.54) is 12.1 Å². The van der Waals surface area contributed by atoms with Crippen molar-refractivity contribution < 1.29 is 17.6 Å². The van der Waals surface area contributed by atoms with Crippen molar-refractivity contribution in [3.63, 3.8) is 0 Å². The fourth-order valence-electron chi connectivity index (χ4n) is 1.82. The van der Waals surface area contributed by atoms with Gasteiger partial charge in [0.15, 0.2) is 0 Å². The standard InChI is InChI=1S/C13H8BrClF4/c14-11(13(18,19)12(16)17)9-5-6-10(15)8-4-2-1-3-7(8)9/h1-6,11-12H. The van der Waals surface area contributed by atoms with Crippen molar-refractivity contribution in [3.05, 3.63) is 47.0 Å². The first-order valence-electron chi connectivity index (χ1n) is 5.33. The summed E-state index contributed by atoms with van der Waals surface area (Å²) < 4.78 is 51.7. The maximum atomic E-state index is 13.4. The Hall–Kier alpha value is -0.810. The molecule has 19 heavy (non-hydrogen) atoms. The molecule has 0 saturated carbocycles. The molecule has 0 amide bonds. The van der Waals surface area contributed by atoms with Crippen LogP contribution >= 0.6 is 27.5 Å². The maximum absolute atomic E-state index is 13.4. The highest BCUT2D eigenvalue weighted by Gasteiger charge is 2.48. The largest absolute Gasteiger partial charge is 0.323 e. The van der Waals surface area contributed by atoms with E-state index in [-0.39, 0.29) is 5.56 Å². The second-order valence-electron chi connectivity index (χ2n) is 4.02. The number of alkyl halides is 5. The van der Waals surface area contributed by atoms with Crippen molar-refractivity contribution in [2.75, 3.05) is 0 Å². The van der Waals surface area contributed by atoms with E-state index in [1.807, 2.05) is 0 Å². The van der Waals surface area contributed by atoms with Gasteiger partial charge in [0, 0.05) is 10.4 Å². The summed E-state index contributed by atoms with van der Waals surface area (Å²) in [6, 6.07) is 9.33. The van der Waals surface area contributed by atoms with Crippen LogP contribution in [0.15, 0.2) is 36.4 Å². The lowest BCUT2D eigenvalue weighted by molar-refractivity contribution is -0.127. The van der Waals surface area contributed by atoms with Gasteiger partial charge in [-0.3, -0.25) is 0 Å². The van der Waals surface area contributed by atoms with Gasteiger partial charge >= 0.3 is 12.3 Å². The van der Waals surface area contributed by atoms with Gasteiger partial charge in [-0.2, -0.15) is 8.78 Å². The monoisotopic (exact) mass is 354 g/mol. The molecule has 0 aliphatic heterocycles. The second-order valence-corrected chi connectivity index (χ2v) is 5.34. The molecular weight excluding hydrogens is 347 g/mol. The molecule has 0 bridgehead atoms. The molecule has 1 atom stereocenters. The Bertz CT molecular complexity index is 600. The van der Waals surface area contributed by atoms with E-state index in [0.717, 1.165) is 0 Å². The van der Waals surface area contributed by atoms with Gasteiger partial charge < -0.3 is 0 Å². The number of hydrogen-bond acceptors (Lipinski definition) is 0.